The van der Waals surface area contributed by atoms with Crippen LogP contribution in [0.4, 0.5) is 0 Å². The van der Waals surface area contributed by atoms with Crippen molar-refractivity contribution >= 4 is 8.32 Å². The maximum Gasteiger partial charge on any atom is 0.241 e. The Morgan fingerprint density at radius 1 is 1.27 bits per heavy atom. The van der Waals surface area contributed by atoms with Crippen LogP contribution in [0.25, 0.3) is 0 Å². The van der Waals surface area contributed by atoms with Crippen LogP contribution in [-0.2, 0) is 4.43 Å². The van der Waals surface area contributed by atoms with Gasteiger partial charge in [0.2, 0.25) is 8.32 Å². The van der Waals surface area contributed by atoms with E-state index >= 15 is 0 Å². The summed E-state index contributed by atoms with van der Waals surface area (Å²) in [7, 11) is -1.51. The highest BCUT2D eigenvalue weighted by molar-refractivity contribution is 6.70. The molecule has 15 heavy (non-hydrogen) atoms. The maximum atomic E-state index is 6.19. The van der Waals surface area contributed by atoms with Gasteiger partial charge in [-0.15, -0.1) is 6.58 Å². The van der Waals surface area contributed by atoms with Crippen molar-refractivity contribution in [2.45, 2.75) is 53.8 Å². The maximum absolute atomic E-state index is 6.19. The third-order valence-electron chi connectivity index (χ3n) is 2.13. The second-order valence-electron chi connectivity index (χ2n) is 5.92. The molecule has 0 heterocycles. The molecule has 0 N–H and O–H groups in total. The van der Waals surface area contributed by atoms with E-state index in [-0.39, 0.29) is 5.41 Å². The van der Waals surface area contributed by atoms with Crippen molar-refractivity contribution in [2.24, 2.45) is 5.41 Å². The molecule has 0 unspecified atom stereocenters. The number of hydrogen-bond donors (Lipinski definition) is 0. The van der Waals surface area contributed by atoms with Crippen molar-refractivity contribution in [3.8, 4) is 0 Å². The molecule has 0 radical (unpaired) electrons. The van der Waals surface area contributed by atoms with Crippen LogP contribution in [-0.4, -0.2) is 8.32 Å². The summed E-state index contributed by atoms with van der Waals surface area (Å²) in [6, 6.07) is 0. The van der Waals surface area contributed by atoms with Crippen LogP contribution >= 0.6 is 0 Å². The third-order valence-corrected chi connectivity index (χ3v) is 2.95. The minimum atomic E-state index is -1.51. The molecule has 0 saturated carbocycles. The summed E-state index contributed by atoms with van der Waals surface area (Å²) in [6.07, 6.45) is 2.93. The van der Waals surface area contributed by atoms with E-state index in [0.717, 1.165) is 12.2 Å². The molecule has 0 atom stereocenters. The number of hydrogen-bond acceptors (Lipinski definition) is 1. The van der Waals surface area contributed by atoms with E-state index < -0.39 is 8.32 Å². The smallest absolute Gasteiger partial charge is 0.241 e. The summed E-state index contributed by atoms with van der Waals surface area (Å²) < 4.78 is 6.19. The summed E-state index contributed by atoms with van der Waals surface area (Å²) in [5.41, 5.74) is 1.35. The van der Waals surface area contributed by atoms with Crippen LogP contribution in [0.15, 0.2) is 24.0 Å². The van der Waals surface area contributed by atoms with Gasteiger partial charge < -0.3 is 4.43 Å². The van der Waals surface area contributed by atoms with Gasteiger partial charge in [-0.3, -0.25) is 0 Å². The van der Waals surface area contributed by atoms with Gasteiger partial charge in [0.25, 0.3) is 0 Å². The fourth-order valence-corrected chi connectivity index (χ4v) is 2.77. The average Bonchev–Trinajstić information content (AvgIpc) is 1.97. The van der Waals surface area contributed by atoms with Crippen molar-refractivity contribution in [3.63, 3.8) is 0 Å². The fraction of sp³-hybridized carbons (Fsp3) is 0.692. The van der Waals surface area contributed by atoms with E-state index in [9.17, 15) is 0 Å². The Labute approximate surface area is 96.4 Å². The quantitative estimate of drug-likeness (QED) is 0.374. The second-order valence-corrected chi connectivity index (χ2v) is 10.3. The van der Waals surface area contributed by atoms with Gasteiger partial charge in [-0.2, -0.15) is 0 Å². The Balaban J connectivity index is 5.01. The van der Waals surface area contributed by atoms with Gasteiger partial charge in [0.15, 0.2) is 0 Å². The highest BCUT2D eigenvalue weighted by atomic mass is 28.4. The normalized spacial score (nSPS) is 12.2. The van der Waals surface area contributed by atoms with Crippen LogP contribution in [0, 0.1) is 5.41 Å². The largest absolute Gasteiger partial charge is 0.547 e. The molecule has 0 amide bonds. The van der Waals surface area contributed by atoms with E-state index in [1.807, 2.05) is 6.08 Å². The molecule has 0 aliphatic heterocycles. The molecular formula is C13H26OSi. The summed E-state index contributed by atoms with van der Waals surface area (Å²) in [4.78, 5) is 0. The molecule has 0 aromatic rings. The van der Waals surface area contributed by atoms with Crippen molar-refractivity contribution in [3.05, 3.63) is 24.0 Å². The van der Waals surface area contributed by atoms with Crippen LogP contribution < -0.4 is 0 Å². The zero-order valence-electron chi connectivity index (χ0n) is 11.4. The first-order chi connectivity index (χ1) is 6.60. The van der Waals surface area contributed by atoms with E-state index in [0.29, 0.717) is 0 Å². The molecule has 0 aromatic heterocycles. The van der Waals surface area contributed by atoms with Crippen molar-refractivity contribution in [1.29, 1.82) is 0 Å². The lowest BCUT2D eigenvalue weighted by Gasteiger charge is -2.33. The Kier molecular flexibility index (Phi) is 4.85. The third kappa shape index (κ3) is 5.21. The number of allylic oxidation sites excluding steroid dienone is 3. The minimum absolute atomic E-state index is 0.0703. The van der Waals surface area contributed by atoms with Crippen LogP contribution in [0.2, 0.25) is 19.6 Å². The zero-order chi connectivity index (χ0) is 12.3. The van der Waals surface area contributed by atoms with Gasteiger partial charge in [0.05, 0.1) is 5.76 Å². The molecule has 88 valence electrons. The minimum Gasteiger partial charge on any atom is -0.547 e. The Morgan fingerprint density at radius 3 is 2.00 bits per heavy atom. The van der Waals surface area contributed by atoms with Gasteiger partial charge in [-0.1, -0.05) is 19.9 Å². The van der Waals surface area contributed by atoms with Crippen LogP contribution in [0.1, 0.15) is 34.1 Å². The molecule has 0 aliphatic carbocycles. The van der Waals surface area contributed by atoms with Gasteiger partial charge in [-0.25, -0.2) is 0 Å². The Hall–Kier alpha value is -0.503. The molecule has 1 nitrogen and oxygen atoms in total. The van der Waals surface area contributed by atoms with Gasteiger partial charge >= 0.3 is 0 Å². The molecule has 0 aromatic carbocycles. The zero-order valence-corrected chi connectivity index (χ0v) is 12.4. The summed E-state index contributed by atoms with van der Waals surface area (Å²) in [6.45, 7) is 19.2. The van der Waals surface area contributed by atoms with Crippen molar-refractivity contribution < 1.29 is 4.43 Å². The number of rotatable bonds is 5. The summed E-state index contributed by atoms with van der Waals surface area (Å²) in [5, 5.41) is 0. The molecular weight excluding hydrogens is 200 g/mol. The van der Waals surface area contributed by atoms with Crippen molar-refractivity contribution in [1.82, 2.24) is 0 Å². The molecule has 0 rings (SSSR count). The molecule has 0 fully saturated rings. The standard InChI is InChI=1S/C13H26OSi/c1-9-10-13(4,5)12(11(2)3)14-15(6,7)8/h9H,1,10H2,2-8H3. The Bertz CT molecular complexity index is 252. The Morgan fingerprint density at radius 2 is 1.73 bits per heavy atom. The van der Waals surface area contributed by atoms with Gasteiger partial charge in [0.1, 0.15) is 0 Å². The van der Waals surface area contributed by atoms with E-state index in [1.54, 1.807) is 0 Å². The highest BCUT2D eigenvalue weighted by Gasteiger charge is 2.29. The summed E-state index contributed by atoms with van der Waals surface area (Å²) >= 11 is 0. The fourth-order valence-electron chi connectivity index (χ4n) is 1.68. The monoisotopic (exact) mass is 226 g/mol. The van der Waals surface area contributed by atoms with E-state index in [4.69, 9.17) is 4.43 Å². The second kappa shape index (κ2) is 5.02. The SMILES string of the molecule is C=CCC(C)(C)C(O[Si](C)(C)C)=C(C)C. The molecule has 0 aliphatic rings. The highest BCUT2D eigenvalue weighted by Crippen LogP contribution is 2.35. The molecule has 0 bridgehead atoms. The molecule has 2 heteroatoms. The van der Waals surface area contributed by atoms with Crippen molar-refractivity contribution in [2.75, 3.05) is 0 Å². The first kappa shape index (κ1) is 14.5. The van der Waals surface area contributed by atoms with Crippen LogP contribution in [0.3, 0.4) is 0 Å². The van der Waals surface area contributed by atoms with E-state index in [1.165, 1.54) is 5.57 Å². The average molecular weight is 226 g/mol. The molecule has 0 saturated heterocycles. The lowest BCUT2D eigenvalue weighted by Crippen LogP contribution is -2.30. The van der Waals surface area contributed by atoms with E-state index in [2.05, 4.69) is 53.9 Å². The predicted molar refractivity (Wildman–Crippen MR) is 71.4 cm³/mol. The lowest BCUT2D eigenvalue weighted by molar-refractivity contribution is 0.265. The van der Waals surface area contributed by atoms with Crippen LogP contribution in [0.5, 0.6) is 0 Å². The lowest BCUT2D eigenvalue weighted by atomic mass is 9.85. The predicted octanol–water partition coefficient (Wildman–Crippen LogP) is 4.73. The summed E-state index contributed by atoms with van der Waals surface area (Å²) in [5.74, 6) is 1.15. The first-order valence-corrected chi connectivity index (χ1v) is 8.99. The van der Waals surface area contributed by atoms with Gasteiger partial charge in [-0.05, 0) is 45.5 Å². The van der Waals surface area contributed by atoms with Gasteiger partial charge in [0, 0.05) is 5.41 Å². The molecule has 0 spiro atoms. The first-order valence-electron chi connectivity index (χ1n) is 5.58. The topological polar surface area (TPSA) is 9.23 Å².